The van der Waals surface area contributed by atoms with Crippen molar-refractivity contribution >= 4 is 5.82 Å². The third kappa shape index (κ3) is 2.01. The molecule has 1 spiro atoms. The lowest BCUT2D eigenvalue weighted by Gasteiger charge is -2.23. The third-order valence-electron chi connectivity index (χ3n) is 3.33. The molecule has 0 radical (unpaired) electrons. The van der Waals surface area contributed by atoms with Gasteiger partial charge >= 0.3 is 0 Å². The van der Waals surface area contributed by atoms with Crippen LogP contribution in [0, 0.1) is 0 Å². The summed E-state index contributed by atoms with van der Waals surface area (Å²) in [5.74, 6) is 0.573. The molecule has 5 nitrogen and oxygen atoms in total. The quantitative estimate of drug-likeness (QED) is 0.808. The fourth-order valence-electron chi connectivity index (χ4n) is 2.44. The van der Waals surface area contributed by atoms with E-state index in [-0.39, 0.29) is 5.79 Å². The van der Waals surface area contributed by atoms with Crippen molar-refractivity contribution in [1.82, 2.24) is 4.98 Å². The van der Waals surface area contributed by atoms with Crippen LogP contribution in [0.5, 0.6) is 0 Å². The average Bonchev–Trinajstić information content (AvgIpc) is 3.01. The van der Waals surface area contributed by atoms with Gasteiger partial charge in [0.25, 0.3) is 0 Å². The van der Waals surface area contributed by atoms with E-state index >= 15 is 0 Å². The van der Waals surface area contributed by atoms with Crippen molar-refractivity contribution in [3.05, 3.63) is 23.9 Å². The maximum absolute atomic E-state index is 5.69. The second kappa shape index (κ2) is 4.25. The molecule has 1 aromatic heterocycles. The molecule has 92 valence electrons. The highest BCUT2D eigenvalue weighted by Crippen LogP contribution is 2.32. The Morgan fingerprint density at radius 2 is 2.18 bits per heavy atom. The summed E-state index contributed by atoms with van der Waals surface area (Å²) in [4.78, 5) is 6.72. The van der Waals surface area contributed by atoms with Crippen LogP contribution >= 0.6 is 0 Å². The summed E-state index contributed by atoms with van der Waals surface area (Å²) in [5, 5.41) is 0. The molecule has 0 unspecified atom stereocenters. The van der Waals surface area contributed by atoms with Crippen LogP contribution in [0.2, 0.25) is 0 Å². The van der Waals surface area contributed by atoms with Crippen molar-refractivity contribution in [3.63, 3.8) is 0 Å². The fraction of sp³-hybridized carbons (Fsp3) is 0.583. The van der Waals surface area contributed by atoms with E-state index in [9.17, 15) is 0 Å². The Morgan fingerprint density at radius 1 is 1.35 bits per heavy atom. The van der Waals surface area contributed by atoms with Crippen molar-refractivity contribution in [3.8, 4) is 0 Å². The molecule has 0 saturated carbocycles. The van der Waals surface area contributed by atoms with Gasteiger partial charge in [0, 0.05) is 19.5 Å². The van der Waals surface area contributed by atoms with Crippen LogP contribution in [0.25, 0.3) is 0 Å². The van der Waals surface area contributed by atoms with Gasteiger partial charge in [-0.05, 0) is 12.1 Å². The molecule has 0 bridgehead atoms. The number of ether oxygens (including phenoxy) is 2. The van der Waals surface area contributed by atoms with E-state index in [2.05, 4.69) is 9.88 Å². The zero-order valence-corrected chi connectivity index (χ0v) is 9.76. The first-order valence-corrected chi connectivity index (χ1v) is 6.00. The summed E-state index contributed by atoms with van der Waals surface area (Å²) in [6.07, 6.45) is 0.904. The molecule has 2 fully saturated rings. The molecule has 5 heteroatoms. The standard InChI is InChI=1S/C12H17N3O2/c13-8-10-2-1-3-11(14-10)15-5-4-12(9-15)16-6-7-17-12/h1-3H,4-9,13H2. The first-order chi connectivity index (χ1) is 8.31. The normalized spacial score (nSPS) is 22.5. The number of hydrogen-bond donors (Lipinski definition) is 1. The van der Waals surface area contributed by atoms with Gasteiger partial charge in [0.15, 0.2) is 5.79 Å². The molecule has 1 aromatic rings. The van der Waals surface area contributed by atoms with Crippen molar-refractivity contribution in [2.75, 3.05) is 31.2 Å². The zero-order chi connectivity index (χ0) is 11.7. The van der Waals surface area contributed by atoms with Gasteiger partial charge in [0.1, 0.15) is 5.82 Å². The van der Waals surface area contributed by atoms with Crippen LogP contribution in [0.3, 0.4) is 0 Å². The number of pyridine rings is 1. The maximum Gasteiger partial charge on any atom is 0.187 e. The molecule has 17 heavy (non-hydrogen) atoms. The lowest BCUT2D eigenvalue weighted by molar-refractivity contribution is -0.137. The van der Waals surface area contributed by atoms with Gasteiger partial charge in [0.2, 0.25) is 0 Å². The number of hydrogen-bond acceptors (Lipinski definition) is 5. The third-order valence-corrected chi connectivity index (χ3v) is 3.33. The molecule has 2 N–H and O–H groups in total. The van der Waals surface area contributed by atoms with E-state index in [1.165, 1.54) is 0 Å². The number of anilines is 1. The Bertz CT molecular complexity index is 404. The summed E-state index contributed by atoms with van der Waals surface area (Å²) in [5.41, 5.74) is 6.52. The first kappa shape index (κ1) is 11.0. The van der Waals surface area contributed by atoms with E-state index in [4.69, 9.17) is 15.2 Å². The predicted octanol–water partition coefficient (Wildman–Crippen LogP) is 0.493. The summed E-state index contributed by atoms with van der Waals surface area (Å²) < 4.78 is 11.4. The summed E-state index contributed by atoms with van der Waals surface area (Å²) in [6, 6.07) is 5.94. The van der Waals surface area contributed by atoms with Crippen molar-refractivity contribution < 1.29 is 9.47 Å². The van der Waals surface area contributed by atoms with Crippen LogP contribution in [-0.4, -0.2) is 37.1 Å². The smallest absolute Gasteiger partial charge is 0.187 e. The van der Waals surface area contributed by atoms with Crippen LogP contribution in [0.15, 0.2) is 18.2 Å². The highest BCUT2D eigenvalue weighted by atomic mass is 16.7. The lowest BCUT2D eigenvalue weighted by atomic mass is 10.2. The second-order valence-corrected chi connectivity index (χ2v) is 4.47. The predicted molar refractivity (Wildman–Crippen MR) is 63.6 cm³/mol. The van der Waals surface area contributed by atoms with Gasteiger partial charge in [-0.2, -0.15) is 0 Å². The minimum atomic E-state index is -0.388. The van der Waals surface area contributed by atoms with Crippen LogP contribution < -0.4 is 10.6 Å². The Balaban J connectivity index is 1.77. The fourth-order valence-corrected chi connectivity index (χ4v) is 2.44. The second-order valence-electron chi connectivity index (χ2n) is 4.47. The molecular weight excluding hydrogens is 218 g/mol. The van der Waals surface area contributed by atoms with Gasteiger partial charge in [0.05, 0.1) is 25.5 Å². The summed E-state index contributed by atoms with van der Waals surface area (Å²) in [7, 11) is 0. The largest absolute Gasteiger partial charge is 0.351 e. The number of nitrogens with two attached hydrogens (primary N) is 1. The monoisotopic (exact) mass is 235 g/mol. The number of rotatable bonds is 2. The molecule has 0 aliphatic carbocycles. The van der Waals surface area contributed by atoms with Crippen molar-refractivity contribution in [2.24, 2.45) is 5.73 Å². The Labute approximate surface area is 101 Å². The lowest BCUT2D eigenvalue weighted by Crippen LogP contribution is -2.34. The number of nitrogens with zero attached hydrogens (tertiary/aromatic N) is 2. The van der Waals surface area contributed by atoms with E-state index in [1.807, 2.05) is 18.2 Å². The van der Waals surface area contributed by atoms with E-state index in [0.29, 0.717) is 19.8 Å². The zero-order valence-electron chi connectivity index (χ0n) is 9.76. The van der Waals surface area contributed by atoms with Crippen LogP contribution in [0.4, 0.5) is 5.82 Å². The SMILES string of the molecule is NCc1cccc(N2CCC3(C2)OCCO3)n1. The van der Waals surface area contributed by atoms with Crippen LogP contribution in [0.1, 0.15) is 12.1 Å². The number of aromatic nitrogens is 1. The van der Waals surface area contributed by atoms with Gasteiger partial charge in [-0.25, -0.2) is 4.98 Å². The summed E-state index contributed by atoms with van der Waals surface area (Å²) in [6.45, 7) is 3.54. The molecule has 3 heterocycles. The molecule has 2 aliphatic heterocycles. The minimum absolute atomic E-state index is 0.388. The van der Waals surface area contributed by atoms with Gasteiger partial charge in [-0.1, -0.05) is 6.07 Å². The maximum atomic E-state index is 5.69. The highest BCUT2D eigenvalue weighted by Gasteiger charge is 2.43. The molecular formula is C12H17N3O2. The Morgan fingerprint density at radius 3 is 2.94 bits per heavy atom. The molecule has 2 saturated heterocycles. The highest BCUT2D eigenvalue weighted by molar-refractivity contribution is 5.41. The van der Waals surface area contributed by atoms with Gasteiger partial charge < -0.3 is 20.1 Å². The Kier molecular flexibility index (Phi) is 2.74. The molecule has 0 amide bonds. The Hall–Kier alpha value is -1.17. The van der Waals surface area contributed by atoms with E-state index < -0.39 is 0 Å². The van der Waals surface area contributed by atoms with Crippen molar-refractivity contribution in [1.29, 1.82) is 0 Å². The molecule has 0 aromatic carbocycles. The first-order valence-electron chi connectivity index (χ1n) is 6.00. The average molecular weight is 235 g/mol. The van der Waals surface area contributed by atoms with Crippen LogP contribution in [-0.2, 0) is 16.0 Å². The molecule has 3 rings (SSSR count). The topological polar surface area (TPSA) is 60.6 Å². The molecule has 2 aliphatic rings. The van der Waals surface area contributed by atoms with Gasteiger partial charge in [-0.15, -0.1) is 0 Å². The van der Waals surface area contributed by atoms with Crippen molar-refractivity contribution in [2.45, 2.75) is 18.8 Å². The minimum Gasteiger partial charge on any atom is -0.351 e. The van der Waals surface area contributed by atoms with Gasteiger partial charge in [-0.3, -0.25) is 0 Å². The van der Waals surface area contributed by atoms with E-state index in [1.54, 1.807) is 0 Å². The summed E-state index contributed by atoms with van der Waals surface area (Å²) >= 11 is 0. The van der Waals surface area contributed by atoms with E-state index in [0.717, 1.165) is 31.0 Å². The molecule has 0 atom stereocenters.